The van der Waals surface area contributed by atoms with Gasteiger partial charge in [-0.25, -0.2) is 4.39 Å². The van der Waals surface area contributed by atoms with Crippen molar-refractivity contribution in [2.45, 2.75) is 24.8 Å². The van der Waals surface area contributed by atoms with Gasteiger partial charge in [-0.2, -0.15) is 0 Å². The van der Waals surface area contributed by atoms with E-state index < -0.39 is 5.82 Å². The van der Waals surface area contributed by atoms with Gasteiger partial charge in [-0.15, -0.1) is 0 Å². The molecule has 0 saturated heterocycles. The van der Waals surface area contributed by atoms with Gasteiger partial charge in [-0.1, -0.05) is 0 Å². The monoisotopic (exact) mass is 280 g/mol. The Balaban J connectivity index is 2.14. The average Bonchev–Trinajstić information content (AvgIpc) is 2.35. The number of benzene rings is 1. The molecule has 0 unspecified atom stereocenters. The molecule has 0 aliphatic heterocycles. The number of carbonyl (C=O) groups is 1. The fraction of sp³-hybridized carbons (Fsp3) is 0.533. The molecular formula is C15H21FN2O2. The Labute approximate surface area is 118 Å². The van der Waals surface area contributed by atoms with Gasteiger partial charge in [0.05, 0.1) is 5.56 Å². The summed E-state index contributed by atoms with van der Waals surface area (Å²) in [6.07, 6.45) is 3.25. The number of halogens is 1. The van der Waals surface area contributed by atoms with Crippen LogP contribution < -0.4 is 0 Å². The molecule has 0 heterocycles. The summed E-state index contributed by atoms with van der Waals surface area (Å²) in [6, 6.07) is 3.43. The van der Waals surface area contributed by atoms with Crippen LogP contribution in [0, 0.1) is 5.82 Å². The van der Waals surface area contributed by atoms with Crippen LogP contribution in [0.2, 0.25) is 0 Å². The smallest absolute Gasteiger partial charge is 0.257 e. The van der Waals surface area contributed by atoms with Crippen molar-refractivity contribution in [3.8, 4) is 5.75 Å². The quantitative estimate of drug-likeness (QED) is 0.918. The fourth-order valence-electron chi connectivity index (χ4n) is 2.73. The summed E-state index contributed by atoms with van der Waals surface area (Å²) in [5.41, 5.74) is 0.0219. The maximum atomic E-state index is 13.2. The van der Waals surface area contributed by atoms with Crippen LogP contribution in [-0.2, 0) is 0 Å². The van der Waals surface area contributed by atoms with E-state index in [2.05, 4.69) is 4.90 Å². The number of carbonyl (C=O) groups excluding carboxylic acids is 1. The van der Waals surface area contributed by atoms with Crippen LogP contribution in [0.1, 0.15) is 29.6 Å². The minimum absolute atomic E-state index is 0.00730. The molecule has 2 rings (SSSR count). The first-order chi connectivity index (χ1) is 9.35. The molecule has 5 heteroatoms. The van der Waals surface area contributed by atoms with E-state index in [1.807, 2.05) is 14.1 Å². The number of phenols is 1. The molecule has 110 valence electrons. The highest BCUT2D eigenvalue weighted by molar-refractivity contribution is 5.96. The van der Waals surface area contributed by atoms with Crippen LogP contribution in [-0.4, -0.2) is 54.0 Å². The first-order valence-electron chi connectivity index (χ1n) is 6.77. The molecule has 0 aromatic heterocycles. The van der Waals surface area contributed by atoms with Gasteiger partial charge in [0.15, 0.2) is 0 Å². The molecule has 0 spiro atoms. The van der Waals surface area contributed by atoms with E-state index in [1.54, 1.807) is 11.9 Å². The zero-order valence-corrected chi connectivity index (χ0v) is 12.2. The lowest BCUT2D eigenvalue weighted by molar-refractivity contribution is 0.0251. The molecule has 4 nitrogen and oxygen atoms in total. The highest BCUT2D eigenvalue weighted by atomic mass is 19.1. The normalized spacial score (nSPS) is 16.9. The average molecular weight is 280 g/mol. The summed E-state index contributed by atoms with van der Waals surface area (Å²) in [7, 11) is 5.71. The van der Waals surface area contributed by atoms with Gasteiger partial charge in [0.2, 0.25) is 0 Å². The molecule has 1 aliphatic carbocycles. The van der Waals surface area contributed by atoms with E-state index in [1.165, 1.54) is 6.07 Å². The molecule has 1 N–H and O–H groups in total. The van der Waals surface area contributed by atoms with Crippen LogP contribution >= 0.6 is 0 Å². The lowest BCUT2D eigenvalue weighted by Crippen LogP contribution is -2.57. The molecule has 1 aliphatic rings. The highest BCUT2D eigenvalue weighted by Crippen LogP contribution is 2.37. The predicted octanol–water partition coefficient (Wildman–Crippen LogP) is 2.09. The molecule has 1 saturated carbocycles. The molecule has 1 aromatic rings. The number of rotatable bonds is 4. The first-order valence-corrected chi connectivity index (χ1v) is 6.77. The standard InChI is InChI=1S/C15H21FN2O2/c1-17(2)15(7-4-8-15)10-18(3)14(20)12-9-11(16)5-6-13(12)19/h5-6,9,19H,4,7-8,10H2,1-3H3. The first kappa shape index (κ1) is 14.8. The van der Waals surface area contributed by atoms with Gasteiger partial charge in [0.1, 0.15) is 11.6 Å². The lowest BCUT2D eigenvalue weighted by atomic mass is 9.75. The molecule has 1 fully saturated rings. The number of aromatic hydroxyl groups is 1. The largest absolute Gasteiger partial charge is 0.507 e. The molecular weight excluding hydrogens is 259 g/mol. The molecule has 1 aromatic carbocycles. The third-order valence-corrected chi connectivity index (χ3v) is 4.30. The summed E-state index contributed by atoms with van der Waals surface area (Å²) >= 11 is 0. The van der Waals surface area contributed by atoms with Crippen molar-refractivity contribution in [1.82, 2.24) is 9.80 Å². The second-order valence-electron chi connectivity index (χ2n) is 5.80. The molecule has 0 radical (unpaired) electrons. The third kappa shape index (κ3) is 2.63. The summed E-state index contributed by atoms with van der Waals surface area (Å²) < 4.78 is 13.2. The molecule has 0 bridgehead atoms. The van der Waals surface area contributed by atoms with Crippen molar-refractivity contribution in [3.63, 3.8) is 0 Å². The van der Waals surface area contributed by atoms with Crippen molar-refractivity contribution < 1.29 is 14.3 Å². The number of likely N-dealkylation sites (N-methyl/N-ethyl adjacent to an activating group) is 2. The van der Waals surface area contributed by atoms with Crippen LogP contribution in [0.25, 0.3) is 0 Å². The lowest BCUT2D eigenvalue weighted by Gasteiger charge is -2.49. The maximum absolute atomic E-state index is 13.2. The topological polar surface area (TPSA) is 43.8 Å². The van der Waals surface area contributed by atoms with Gasteiger partial charge in [-0.05, 0) is 51.6 Å². The minimum Gasteiger partial charge on any atom is -0.507 e. The van der Waals surface area contributed by atoms with Crippen LogP contribution in [0.4, 0.5) is 4.39 Å². The van der Waals surface area contributed by atoms with Crippen LogP contribution in [0.5, 0.6) is 5.75 Å². The van der Waals surface area contributed by atoms with Crippen LogP contribution in [0.15, 0.2) is 18.2 Å². The molecule has 20 heavy (non-hydrogen) atoms. The fourth-order valence-corrected chi connectivity index (χ4v) is 2.73. The van der Waals surface area contributed by atoms with E-state index in [0.717, 1.165) is 31.4 Å². The number of amides is 1. The predicted molar refractivity (Wildman–Crippen MR) is 75.3 cm³/mol. The molecule has 0 atom stereocenters. The summed E-state index contributed by atoms with van der Waals surface area (Å²) in [5, 5.41) is 9.71. The minimum atomic E-state index is -0.523. The second-order valence-corrected chi connectivity index (χ2v) is 5.80. The van der Waals surface area contributed by atoms with Crippen molar-refractivity contribution in [2.24, 2.45) is 0 Å². The Kier molecular flexibility index (Phi) is 3.99. The van der Waals surface area contributed by atoms with Crippen molar-refractivity contribution in [2.75, 3.05) is 27.7 Å². The van der Waals surface area contributed by atoms with E-state index in [9.17, 15) is 14.3 Å². The highest BCUT2D eigenvalue weighted by Gasteiger charge is 2.40. The van der Waals surface area contributed by atoms with Gasteiger partial charge in [0.25, 0.3) is 5.91 Å². The summed E-state index contributed by atoms with van der Waals surface area (Å²) in [6.45, 7) is 0.578. The second kappa shape index (κ2) is 5.40. The Hall–Kier alpha value is -1.62. The number of nitrogens with zero attached hydrogens (tertiary/aromatic N) is 2. The van der Waals surface area contributed by atoms with Crippen molar-refractivity contribution >= 4 is 5.91 Å². The number of phenolic OH excluding ortho intramolecular Hbond substituents is 1. The van der Waals surface area contributed by atoms with E-state index in [-0.39, 0.29) is 22.8 Å². The van der Waals surface area contributed by atoms with Crippen molar-refractivity contribution in [3.05, 3.63) is 29.6 Å². The maximum Gasteiger partial charge on any atom is 0.257 e. The molecule has 1 amide bonds. The zero-order chi connectivity index (χ0) is 14.9. The summed E-state index contributed by atoms with van der Waals surface area (Å²) in [5.74, 6) is -1.06. The number of hydrogen-bond donors (Lipinski definition) is 1. The zero-order valence-electron chi connectivity index (χ0n) is 12.2. The van der Waals surface area contributed by atoms with E-state index in [0.29, 0.717) is 6.54 Å². The van der Waals surface area contributed by atoms with Gasteiger partial charge >= 0.3 is 0 Å². The van der Waals surface area contributed by atoms with Gasteiger partial charge < -0.3 is 14.9 Å². The Morgan fingerprint density at radius 1 is 1.35 bits per heavy atom. The Morgan fingerprint density at radius 3 is 2.50 bits per heavy atom. The van der Waals surface area contributed by atoms with E-state index >= 15 is 0 Å². The Bertz CT molecular complexity index is 513. The third-order valence-electron chi connectivity index (χ3n) is 4.30. The van der Waals surface area contributed by atoms with Crippen molar-refractivity contribution in [1.29, 1.82) is 0 Å². The van der Waals surface area contributed by atoms with Crippen LogP contribution in [0.3, 0.4) is 0 Å². The van der Waals surface area contributed by atoms with Gasteiger partial charge in [-0.3, -0.25) is 4.79 Å². The SMILES string of the molecule is CN(CC1(N(C)C)CCC1)C(=O)c1cc(F)ccc1O. The summed E-state index contributed by atoms with van der Waals surface area (Å²) in [4.78, 5) is 16.0. The Morgan fingerprint density at radius 2 is 2.00 bits per heavy atom. The van der Waals surface area contributed by atoms with E-state index in [4.69, 9.17) is 0 Å². The van der Waals surface area contributed by atoms with Gasteiger partial charge in [0, 0.05) is 19.1 Å². The number of hydrogen-bond acceptors (Lipinski definition) is 3.